The highest BCUT2D eigenvalue weighted by atomic mass is 32.2. The van der Waals surface area contributed by atoms with Crippen LogP contribution in [-0.2, 0) is 6.42 Å². The molecule has 2 aromatic rings. The summed E-state index contributed by atoms with van der Waals surface area (Å²) < 4.78 is 4.85. The number of hydrogen-bond acceptors (Lipinski definition) is 4. The third kappa shape index (κ3) is 4.70. The first-order valence-electron chi connectivity index (χ1n) is 8.09. The van der Waals surface area contributed by atoms with Crippen molar-refractivity contribution in [3.8, 4) is 0 Å². The van der Waals surface area contributed by atoms with Crippen molar-refractivity contribution < 1.29 is 0 Å². The number of hydrogen-bond donors (Lipinski definition) is 0. The lowest BCUT2D eigenvalue weighted by Crippen LogP contribution is -2.13. The molecule has 0 radical (unpaired) electrons. The first kappa shape index (κ1) is 16.8. The van der Waals surface area contributed by atoms with E-state index in [1.165, 1.54) is 45.8 Å². The molecule has 0 amide bonds. The van der Waals surface area contributed by atoms with Crippen LogP contribution >= 0.6 is 23.3 Å². The van der Waals surface area contributed by atoms with Gasteiger partial charge in [0.1, 0.15) is 0 Å². The Morgan fingerprint density at radius 1 is 1.10 bits per heavy atom. The zero-order chi connectivity index (χ0) is 15.1. The van der Waals surface area contributed by atoms with Crippen LogP contribution in [0.5, 0.6) is 0 Å². The number of nitrogens with zero attached hydrogens (tertiary/aromatic N) is 2. The highest BCUT2D eigenvalue weighted by Crippen LogP contribution is 2.33. The zero-order valence-corrected chi connectivity index (χ0v) is 15.0. The van der Waals surface area contributed by atoms with Crippen molar-refractivity contribution >= 4 is 33.5 Å². The maximum absolute atomic E-state index is 4.89. The predicted octanol–water partition coefficient (Wildman–Crippen LogP) is 5.77. The Morgan fingerprint density at radius 2 is 1.90 bits per heavy atom. The molecular formula is C17H26N2S2. The lowest BCUT2D eigenvalue weighted by atomic mass is 10.1. The minimum atomic E-state index is 1.06. The Bertz CT molecular complexity index is 547. The molecule has 4 heteroatoms. The first-order valence-corrected chi connectivity index (χ1v) is 9.68. The number of fused-ring (bicyclic) bond motifs is 1. The molecule has 1 heterocycles. The minimum absolute atomic E-state index is 1.06. The molecule has 21 heavy (non-hydrogen) atoms. The first-order chi connectivity index (χ1) is 10.3. The van der Waals surface area contributed by atoms with Gasteiger partial charge in [-0.15, -0.1) is 11.3 Å². The Balaban J connectivity index is 2.10. The van der Waals surface area contributed by atoms with E-state index in [1.807, 2.05) is 11.3 Å². The van der Waals surface area contributed by atoms with Crippen molar-refractivity contribution in [3.05, 3.63) is 23.8 Å². The average molecular weight is 323 g/mol. The van der Waals surface area contributed by atoms with Gasteiger partial charge in [-0.25, -0.2) is 9.29 Å². The van der Waals surface area contributed by atoms with E-state index < -0.39 is 0 Å². The zero-order valence-electron chi connectivity index (χ0n) is 13.4. The van der Waals surface area contributed by atoms with Crippen LogP contribution in [0.3, 0.4) is 0 Å². The van der Waals surface area contributed by atoms with E-state index in [1.54, 1.807) is 11.9 Å². The van der Waals surface area contributed by atoms with E-state index in [0.717, 1.165) is 19.5 Å². The van der Waals surface area contributed by atoms with E-state index in [9.17, 15) is 0 Å². The Kier molecular flexibility index (Phi) is 7.00. The number of unbranched alkanes of at least 4 members (excludes halogenated alkanes) is 3. The second kappa shape index (κ2) is 8.76. The number of thiazole rings is 1. The standard InChI is InChI=1S/C17H26N2S2/c1-4-7-8-9-11-14-12-10-13-15-16(14)18-17(20-15)21-19(5-2)6-3/h10,12-13H,4-9,11H2,1-3H3. The molecule has 0 aliphatic heterocycles. The smallest absolute Gasteiger partial charge is 0.166 e. The van der Waals surface area contributed by atoms with E-state index >= 15 is 0 Å². The quantitative estimate of drug-likeness (QED) is 0.431. The molecular weight excluding hydrogens is 296 g/mol. The van der Waals surface area contributed by atoms with Gasteiger partial charge in [0.15, 0.2) is 4.34 Å². The van der Waals surface area contributed by atoms with Crippen LogP contribution in [0.2, 0.25) is 0 Å². The third-order valence-corrected chi connectivity index (χ3v) is 6.01. The van der Waals surface area contributed by atoms with E-state index in [0.29, 0.717) is 0 Å². The van der Waals surface area contributed by atoms with E-state index in [4.69, 9.17) is 4.98 Å². The van der Waals surface area contributed by atoms with Gasteiger partial charge >= 0.3 is 0 Å². The molecule has 1 aromatic carbocycles. The van der Waals surface area contributed by atoms with E-state index in [-0.39, 0.29) is 0 Å². The molecule has 0 saturated heterocycles. The van der Waals surface area contributed by atoms with Gasteiger partial charge < -0.3 is 0 Å². The summed E-state index contributed by atoms with van der Waals surface area (Å²) in [5.41, 5.74) is 2.65. The summed E-state index contributed by atoms with van der Waals surface area (Å²) in [7, 11) is 0. The summed E-state index contributed by atoms with van der Waals surface area (Å²) in [5.74, 6) is 0. The molecule has 0 atom stereocenters. The van der Waals surface area contributed by atoms with E-state index in [2.05, 4.69) is 43.3 Å². The number of benzene rings is 1. The topological polar surface area (TPSA) is 16.1 Å². The summed E-state index contributed by atoms with van der Waals surface area (Å²) >= 11 is 3.62. The van der Waals surface area contributed by atoms with Crippen LogP contribution in [-0.4, -0.2) is 22.4 Å². The molecule has 0 N–H and O–H groups in total. The molecule has 0 aliphatic rings. The van der Waals surface area contributed by atoms with Gasteiger partial charge in [-0.3, -0.25) is 0 Å². The van der Waals surface area contributed by atoms with Crippen LogP contribution in [0.15, 0.2) is 22.5 Å². The molecule has 2 rings (SSSR count). The van der Waals surface area contributed by atoms with Crippen molar-refractivity contribution in [2.24, 2.45) is 0 Å². The number of aryl methyl sites for hydroxylation is 1. The Labute approximate surface area is 137 Å². The van der Waals surface area contributed by atoms with Crippen LogP contribution < -0.4 is 0 Å². The number of aromatic nitrogens is 1. The highest BCUT2D eigenvalue weighted by Gasteiger charge is 2.11. The van der Waals surface area contributed by atoms with Crippen LogP contribution in [0.4, 0.5) is 0 Å². The van der Waals surface area contributed by atoms with Gasteiger partial charge in [0, 0.05) is 13.1 Å². The molecule has 0 unspecified atom stereocenters. The lowest BCUT2D eigenvalue weighted by molar-refractivity contribution is 0.525. The van der Waals surface area contributed by atoms with Gasteiger partial charge in [0.2, 0.25) is 0 Å². The monoisotopic (exact) mass is 322 g/mol. The van der Waals surface area contributed by atoms with Gasteiger partial charge in [-0.1, -0.05) is 52.2 Å². The summed E-state index contributed by atoms with van der Waals surface area (Å²) in [6.07, 6.45) is 6.42. The summed E-state index contributed by atoms with van der Waals surface area (Å²) in [4.78, 5) is 4.89. The average Bonchev–Trinajstić information content (AvgIpc) is 2.92. The maximum Gasteiger partial charge on any atom is 0.166 e. The van der Waals surface area contributed by atoms with Crippen molar-refractivity contribution in [3.63, 3.8) is 0 Å². The van der Waals surface area contributed by atoms with Gasteiger partial charge in [-0.05, 0) is 36.4 Å². The molecule has 1 aromatic heterocycles. The van der Waals surface area contributed by atoms with Crippen LogP contribution in [0.1, 0.15) is 52.0 Å². The highest BCUT2D eigenvalue weighted by molar-refractivity contribution is 7.98. The SMILES string of the molecule is CCCCCCc1cccc2sc(SN(CC)CC)nc12. The molecule has 0 bridgehead atoms. The fourth-order valence-corrected chi connectivity index (χ4v) is 4.52. The van der Waals surface area contributed by atoms with Crippen molar-refractivity contribution in [1.82, 2.24) is 9.29 Å². The fraction of sp³-hybridized carbons (Fsp3) is 0.588. The van der Waals surface area contributed by atoms with Crippen molar-refractivity contribution in [2.75, 3.05) is 13.1 Å². The second-order valence-electron chi connectivity index (χ2n) is 5.26. The predicted molar refractivity (Wildman–Crippen MR) is 96.2 cm³/mol. The third-order valence-electron chi connectivity index (χ3n) is 3.70. The maximum atomic E-state index is 4.89. The largest absolute Gasteiger partial charge is 0.245 e. The van der Waals surface area contributed by atoms with Crippen LogP contribution in [0, 0.1) is 0 Å². The summed E-state index contributed by atoms with van der Waals surface area (Å²) in [6.45, 7) is 8.77. The summed E-state index contributed by atoms with van der Waals surface area (Å²) in [5, 5.41) is 0. The number of para-hydroxylation sites is 1. The van der Waals surface area contributed by atoms with Gasteiger partial charge in [-0.2, -0.15) is 0 Å². The molecule has 0 spiro atoms. The molecule has 0 saturated carbocycles. The minimum Gasteiger partial charge on any atom is -0.245 e. The Hall–Kier alpha value is -0.580. The molecule has 2 nitrogen and oxygen atoms in total. The Morgan fingerprint density at radius 3 is 2.62 bits per heavy atom. The van der Waals surface area contributed by atoms with Crippen molar-refractivity contribution in [2.45, 2.75) is 57.2 Å². The van der Waals surface area contributed by atoms with Crippen molar-refractivity contribution in [1.29, 1.82) is 0 Å². The molecule has 0 fully saturated rings. The van der Waals surface area contributed by atoms with Crippen LogP contribution in [0.25, 0.3) is 10.2 Å². The normalized spacial score (nSPS) is 11.6. The lowest BCUT2D eigenvalue weighted by Gasteiger charge is -2.13. The van der Waals surface area contributed by atoms with Gasteiger partial charge in [0.05, 0.1) is 10.2 Å². The molecule has 0 aliphatic carbocycles. The molecule has 116 valence electrons. The summed E-state index contributed by atoms with van der Waals surface area (Å²) in [6, 6.07) is 6.64. The number of rotatable bonds is 9. The van der Waals surface area contributed by atoms with Gasteiger partial charge in [0.25, 0.3) is 0 Å². The fourth-order valence-electron chi connectivity index (χ4n) is 2.43. The second-order valence-corrected chi connectivity index (χ2v) is 7.63.